The standard InChI is InChI=1S/C13H21I2N/c1-16-13-11(14)7-10(8-12(13)15)9-5-3-2-4-6-9/h9-11,16H,2-8H2,1H3. The Balaban J connectivity index is 2.02. The molecule has 0 radical (unpaired) electrons. The molecule has 3 heteroatoms. The summed E-state index contributed by atoms with van der Waals surface area (Å²) in [5.41, 5.74) is 1.49. The van der Waals surface area contributed by atoms with Gasteiger partial charge in [0.1, 0.15) is 0 Å². The molecule has 0 spiro atoms. The highest BCUT2D eigenvalue weighted by atomic mass is 127. The molecule has 2 unspecified atom stereocenters. The van der Waals surface area contributed by atoms with Crippen LogP contribution in [0.15, 0.2) is 9.28 Å². The lowest BCUT2D eigenvalue weighted by Crippen LogP contribution is -2.29. The van der Waals surface area contributed by atoms with Gasteiger partial charge in [0.15, 0.2) is 0 Å². The first kappa shape index (κ1) is 13.4. The normalized spacial score (nSPS) is 32.9. The Bertz CT molecular complexity index is 269. The quantitative estimate of drug-likeness (QED) is 0.483. The molecule has 1 saturated carbocycles. The monoisotopic (exact) mass is 445 g/mol. The summed E-state index contributed by atoms with van der Waals surface area (Å²) in [5, 5.41) is 3.39. The van der Waals surface area contributed by atoms with Crippen molar-refractivity contribution < 1.29 is 0 Å². The van der Waals surface area contributed by atoms with Crippen LogP contribution in [0.2, 0.25) is 0 Å². The number of nitrogens with one attached hydrogen (secondary N) is 1. The Morgan fingerprint density at radius 2 is 1.81 bits per heavy atom. The average molecular weight is 445 g/mol. The molecule has 1 N–H and O–H groups in total. The molecule has 2 rings (SSSR count). The SMILES string of the molecule is CNC1=C(I)CC(C2CCCCC2)CC1I. The molecular formula is C13H21I2N. The van der Waals surface area contributed by atoms with Crippen molar-refractivity contribution in [2.24, 2.45) is 11.8 Å². The molecule has 0 aromatic carbocycles. The minimum atomic E-state index is 0.718. The van der Waals surface area contributed by atoms with E-state index in [1.165, 1.54) is 50.6 Å². The van der Waals surface area contributed by atoms with E-state index in [1.807, 2.05) is 0 Å². The third kappa shape index (κ3) is 3.06. The van der Waals surface area contributed by atoms with Gasteiger partial charge in [-0.1, -0.05) is 54.7 Å². The minimum absolute atomic E-state index is 0.718. The topological polar surface area (TPSA) is 12.0 Å². The maximum atomic E-state index is 3.39. The molecule has 2 aliphatic rings. The lowest BCUT2D eigenvalue weighted by Gasteiger charge is -2.36. The summed E-state index contributed by atoms with van der Waals surface area (Å²) in [6.07, 6.45) is 10.2. The first-order chi connectivity index (χ1) is 7.72. The van der Waals surface area contributed by atoms with Crippen LogP contribution in [0.5, 0.6) is 0 Å². The van der Waals surface area contributed by atoms with Crippen LogP contribution < -0.4 is 5.32 Å². The fourth-order valence-electron chi connectivity index (χ4n) is 3.23. The van der Waals surface area contributed by atoms with Crippen LogP contribution >= 0.6 is 45.2 Å². The van der Waals surface area contributed by atoms with E-state index in [2.05, 4.69) is 57.5 Å². The van der Waals surface area contributed by atoms with Crippen molar-refractivity contribution in [3.05, 3.63) is 9.28 Å². The fraction of sp³-hybridized carbons (Fsp3) is 0.846. The Morgan fingerprint density at radius 1 is 1.12 bits per heavy atom. The molecule has 92 valence electrons. The largest absolute Gasteiger partial charge is 0.390 e. The van der Waals surface area contributed by atoms with Gasteiger partial charge in [-0.25, -0.2) is 0 Å². The number of rotatable bonds is 2. The van der Waals surface area contributed by atoms with Gasteiger partial charge in [-0.05, 0) is 47.3 Å². The van der Waals surface area contributed by atoms with E-state index in [0.29, 0.717) is 0 Å². The molecule has 16 heavy (non-hydrogen) atoms. The maximum Gasteiger partial charge on any atom is 0.0517 e. The molecule has 1 fully saturated rings. The number of alkyl halides is 1. The van der Waals surface area contributed by atoms with Crippen LogP contribution in [0, 0.1) is 11.8 Å². The van der Waals surface area contributed by atoms with Gasteiger partial charge in [-0.15, -0.1) is 0 Å². The molecular weight excluding hydrogens is 424 g/mol. The summed E-state index contributed by atoms with van der Waals surface area (Å²) >= 11 is 5.18. The van der Waals surface area contributed by atoms with Crippen LogP contribution in [0.25, 0.3) is 0 Å². The van der Waals surface area contributed by atoms with Crippen molar-refractivity contribution in [2.45, 2.75) is 48.9 Å². The first-order valence-corrected chi connectivity index (χ1v) is 8.75. The number of hydrogen-bond acceptors (Lipinski definition) is 1. The smallest absolute Gasteiger partial charge is 0.0517 e. The van der Waals surface area contributed by atoms with Gasteiger partial charge in [0.05, 0.1) is 3.92 Å². The van der Waals surface area contributed by atoms with E-state index in [1.54, 1.807) is 3.58 Å². The summed E-state index contributed by atoms with van der Waals surface area (Å²) in [6, 6.07) is 0. The number of hydrogen-bond donors (Lipinski definition) is 1. The van der Waals surface area contributed by atoms with E-state index in [4.69, 9.17) is 0 Å². The third-order valence-corrected chi connectivity index (χ3v) is 6.30. The molecule has 0 heterocycles. The Labute approximate surface area is 126 Å². The zero-order valence-electron chi connectivity index (χ0n) is 9.94. The molecule has 0 aromatic heterocycles. The van der Waals surface area contributed by atoms with Crippen molar-refractivity contribution in [3.8, 4) is 0 Å². The van der Waals surface area contributed by atoms with Crippen LogP contribution in [-0.4, -0.2) is 11.0 Å². The van der Waals surface area contributed by atoms with Crippen molar-refractivity contribution in [3.63, 3.8) is 0 Å². The number of halogens is 2. The zero-order chi connectivity index (χ0) is 11.5. The van der Waals surface area contributed by atoms with Gasteiger partial charge in [0.25, 0.3) is 0 Å². The third-order valence-electron chi connectivity index (χ3n) is 4.14. The summed E-state index contributed by atoms with van der Waals surface area (Å²) < 4.78 is 2.30. The highest BCUT2D eigenvalue weighted by Gasteiger charge is 2.31. The maximum absolute atomic E-state index is 3.39. The summed E-state index contributed by atoms with van der Waals surface area (Å²) in [5.74, 6) is 1.99. The second-order valence-corrected chi connectivity index (χ2v) is 7.94. The van der Waals surface area contributed by atoms with Gasteiger partial charge >= 0.3 is 0 Å². The van der Waals surface area contributed by atoms with Crippen molar-refractivity contribution in [1.29, 1.82) is 0 Å². The molecule has 0 aromatic rings. The molecule has 0 saturated heterocycles. The molecule has 0 aliphatic heterocycles. The van der Waals surface area contributed by atoms with Gasteiger partial charge < -0.3 is 5.32 Å². The molecule has 2 atom stereocenters. The lowest BCUT2D eigenvalue weighted by molar-refractivity contribution is 0.233. The summed E-state index contributed by atoms with van der Waals surface area (Å²) in [6.45, 7) is 0. The van der Waals surface area contributed by atoms with Gasteiger partial charge in [-0.3, -0.25) is 0 Å². The van der Waals surface area contributed by atoms with Crippen molar-refractivity contribution >= 4 is 45.2 Å². The van der Waals surface area contributed by atoms with E-state index < -0.39 is 0 Å². The van der Waals surface area contributed by atoms with Gasteiger partial charge in [0, 0.05) is 16.3 Å². The van der Waals surface area contributed by atoms with Crippen molar-refractivity contribution in [2.75, 3.05) is 7.05 Å². The molecule has 0 bridgehead atoms. The predicted octanol–water partition coefficient (Wildman–Crippen LogP) is 4.65. The van der Waals surface area contributed by atoms with E-state index >= 15 is 0 Å². The molecule has 2 aliphatic carbocycles. The highest BCUT2D eigenvalue weighted by Crippen LogP contribution is 2.43. The summed E-state index contributed by atoms with van der Waals surface area (Å²) in [4.78, 5) is 0. The van der Waals surface area contributed by atoms with E-state index in [-0.39, 0.29) is 0 Å². The van der Waals surface area contributed by atoms with Crippen molar-refractivity contribution in [1.82, 2.24) is 5.32 Å². The fourth-order valence-corrected chi connectivity index (χ4v) is 6.38. The van der Waals surface area contributed by atoms with Gasteiger partial charge in [0.2, 0.25) is 0 Å². The molecule has 0 amide bonds. The van der Waals surface area contributed by atoms with Crippen LogP contribution in [0.4, 0.5) is 0 Å². The average Bonchev–Trinajstić information content (AvgIpc) is 2.30. The molecule has 1 nitrogen and oxygen atoms in total. The second-order valence-electron chi connectivity index (χ2n) is 5.13. The van der Waals surface area contributed by atoms with Gasteiger partial charge in [-0.2, -0.15) is 0 Å². The summed E-state index contributed by atoms with van der Waals surface area (Å²) in [7, 11) is 2.07. The lowest BCUT2D eigenvalue weighted by atomic mass is 9.74. The second kappa shape index (κ2) is 6.25. The van der Waals surface area contributed by atoms with Crippen LogP contribution in [0.1, 0.15) is 44.9 Å². The van der Waals surface area contributed by atoms with Crippen LogP contribution in [0.3, 0.4) is 0 Å². The first-order valence-electron chi connectivity index (χ1n) is 6.42. The minimum Gasteiger partial charge on any atom is -0.390 e. The zero-order valence-corrected chi connectivity index (χ0v) is 14.3. The Kier molecular flexibility index (Phi) is 5.25. The van der Waals surface area contributed by atoms with E-state index in [0.717, 1.165) is 15.8 Å². The van der Waals surface area contributed by atoms with E-state index in [9.17, 15) is 0 Å². The highest BCUT2D eigenvalue weighted by molar-refractivity contribution is 14.1. The van der Waals surface area contributed by atoms with Crippen LogP contribution in [-0.2, 0) is 0 Å². The number of allylic oxidation sites excluding steroid dienone is 2. The predicted molar refractivity (Wildman–Crippen MR) is 87.2 cm³/mol. The Hall–Kier alpha value is 1.00. The Morgan fingerprint density at radius 3 is 2.38 bits per heavy atom.